The van der Waals surface area contributed by atoms with Gasteiger partial charge in [-0.25, -0.2) is 4.98 Å². The molecule has 0 spiro atoms. The molecule has 0 aromatic carbocycles. The average Bonchev–Trinajstić information content (AvgIpc) is 3.12. The van der Waals surface area contributed by atoms with E-state index in [9.17, 15) is 4.79 Å². The first kappa shape index (κ1) is 13.7. The van der Waals surface area contributed by atoms with Gasteiger partial charge in [0.2, 0.25) is 5.88 Å². The summed E-state index contributed by atoms with van der Waals surface area (Å²) in [6.45, 7) is 0. The predicted molar refractivity (Wildman–Crippen MR) is 80.3 cm³/mol. The van der Waals surface area contributed by atoms with Gasteiger partial charge in [0, 0.05) is 29.6 Å². The SMILES string of the molecule is O=C(NC1CCCC1)c1ccnc(O[C@@H]2CCSC2)c1. The highest BCUT2D eigenvalue weighted by Gasteiger charge is 2.20. The third-order valence-corrected chi connectivity index (χ3v) is 4.99. The number of nitrogens with one attached hydrogen (secondary N) is 1. The predicted octanol–water partition coefficient (Wildman–Crippen LogP) is 2.64. The number of rotatable bonds is 4. The fourth-order valence-electron chi connectivity index (χ4n) is 2.73. The molecule has 2 heterocycles. The zero-order valence-electron chi connectivity index (χ0n) is 11.5. The lowest BCUT2D eigenvalue weighted by atomic mass is 10.2. The van der Waals surface area contributed by atoms with Crippen molar-refractivity contribution in [3.05, 3.63) is 23.9 Å². The van der Waals surface area contributed by atoms with Crippen LogP contribution in [0.1, 0.15) is 42.5 Å². The molecule has 0 radical (unpaired) electrons. The normalized spacial score (nSPS) is 22.9. The third kappa shape index (κ3) is 3.45. The Kier molecular flexibility index (Phi) is 4.45. The number of ether oxygens (including phenoxy) is 1. The molecule has 1 saturated carbocycles. The van der Waals surface area contributed by atoms with Gasteiger partial charge in [0.25, 0.3) is 5.91 Å². The number of carbonyl (C=O) groups excluding carboxylic acids is 1. The molecule has 3 rings (SSSR count). The monoisotopic (exact) mass is 292 g/mol. The quantitative estimate of drug-likeness (QED) is 0.927. The highest BCUT2D eigenvalue weighted by atomic mass is 32.2. The number of carbonyl (C=O) groups is 1. The molecule has 1 aliphatic carbocycles. The van der Waals surface area contributed by atoms with E-state index in [0.29, 0.717) is 17.5 Å². The van der Waals surface area contributed by atoms with E-state index in [1.165, 1.54) is 12.8 Å². The molecule has 0 bridgehead atoms. The molecule has 1 atom stereocenters. The maximum absolute atomic E-state index is 12.2. The van der Waals surface area contributed by atoms with Crippen molar-refractivity contribution in [2.45, 2.75) is 44.2 Å². The molecule has 1 amide bonds. The van der Waals surface area contributed by atoms with Crippen LogP contribution in [0, 0.1) is 0 Å². The Labute approximate surface area is 123 Å². The second-order valence-corrected chi connectivity index (χ2v) is 6.59. The van der Waals surface area contributed by atoms with Gasteiger partial charge in [-0.15, -0.1) is 0 Å². The molecule has 108 valence electrons. The number of amides is 1. The summed E-state index contributed by atoms with van der Waals surface area (Å²) in [5, 5.41) is 3.09. The summed E-state index contributed by atoms with van der Waals surface area (Å²) in [5.74, 6) is 2.72. The van der Waals surface area contributed by atoms with Crippen LogP contribution >= 0.6 is 11.8 Å². The molecule has 2 aliphatic rings. The van der Waals surface area contributed by atoms with Crippen molar-refractivity contribution in [3.8, 4) is 5.88 Å². The van der Waals surface area contributed by atoms with Gasteiger partial charge in [0.1, 0.15) is 6.10 Å². The Bertz CT molecular complexity index is 469. The topological polar surface area (TPSA) is 51.2 Å². The second-order valence-electron chi connectivity index (χ2n) is 5.44. The van der Waals surface area contributed by atoms with Crippen LogP contribution in [0.25, 0.3) is 0 Å². The van der Waals surface area contributed by atoms with Crippen LogP contribution in [0.4, 0.5) is 0 Å². The molecular weight excluding hydrogens is 272 g/mol. The molecule has 1 saturated heterocycles. The van der Waals surface area contributed by atoms with Crippen molar-refractivity contribution in [2.24, 2.45) is 0 Å². The van der Waals surface area contributed by atoms with Gasteiger partial charge in [0.15, 0.2) is 0 Å². The summed E-state index contributed by atoms with van der Waals surface area (Å²) in [6.07, 6.45) is 7.58. The highest BCUT2D eigenvalue weighted by molar-refractivity contribution is 7.99. The van der Waals surface area contributed by atoms with Crippen LogP contribution in [0.2, 0.25) is 0 Å². The van der Waals surface area contributed by atoms with Gasteiger partial charge in [-0.1, -0.05) is 12.8 Å². The highest BCUT2D eigenvalue weighted by Crippen LogP contribution is 2.23. The van der Waals surface area contributed by atoms with E-state index in [4.69, 9.17) is 4.74 Å². The van der Waals surface area contributed by atoms with Crippen LogP contribution in [-0.2, 0) is 0 Å². The van der Waals surface area contributed by atoms with E-state index in [0.717, 1.165) is 30.8 Å². The van der Waals surface area contributed by atoms with Crippen LogP contribution < -0.4 is 10.1 Å². The van der Waals surface area contributed by atoms with Gasteiger partial charge < -0.3 is 10.1 Å². The molecule has 1 aromatic heterocycles. The van der Waals surface area contributed by atoms with Gasteiger partial charge >= 0.3 is 0 Å². The van der Waals surface area contributed by atoms with Crippen molar-refractivity contribution in [3.63, 3.8) is 0 Å². The van der Waals surface area contributed by atoms with Crippen molar-refractivity contribution in [1.82, 2.24) is 10.3 Å². The first-order valence-corrected chi connectivity index (χ1v) is 8.48. The number of hydrogen-bond donors (Lipinski definition) is 1. The van der Waals surface area contributed by atoms with Crippen LogP contribution in [0.15, 0.2) is 18.3 Å². The van der Waals surface area contributed by atoms with Crippen molar-refractivity contribution in [2.75, 3.05) is 11.5 Å². The Balaban J connectivity index is 1.61. The molecule has 1 aromatic rings. The molecule has 4 nitrogen and oxygen atoms in total. The maximum Gasteiger partial charge on any atom is 0.251 e. The summed E-state index contributed by atoms with van der Waals surface area (Å²) < 4.78 is 5.82. The lowest BCUT2D eigenvalue weighted by Gasteiger charge is -2.14. The Morgan fingerprint density at radius 1 is 1.35 bits per heavy atom. The van der Waals surface area contributed by atoms with E-state index in [1.54, 1.807) is 18.3 Å². The first-order chi connectivity index (χ1) is 9.81. The van der Waals surface area contributed by atoms with Crippen LogP contribution in [0.5, 0.6) is 5.88 Å². The average molecular weight is 292 g/mol. The lowest BCUT2D eigenvalue weighted by Crippen LogP contribution is -2.32. The summed E-state index contributed by atoms with van der Waals surface area (Å²) >= 11 is 1.90. The largest absolute Gasteiger partial charge is 0.473 e. The van der Waals surface area contributed by atoms with E-state index in [2.05, 4.69) is 10.3 Å². The molecule has 20 heavy (non-hydrogen) atoms. The van der Waals surface area contributed by atoms with Crippen molar-refractivity contribution < 1.29 is 9.53 Å². The van der Waals surface area contributed by atoms with E-state index >= 15 is 0 Å². The number of aromatic nitrogens is 1. The van der Waals surface area contributed by atoms with Crippen molar-refractivity contribution >= 4 is 17.7 Å². The zero-order valence-corrected chi connectivity index (χ0v) is 12.3. The zero-order chi connectivity index (χ0) is 13.8. The fourth-order valence-corrected chi connectivity index (χ4v) is 3.82. The Hall–Kier alpha value is -1.23. The second kappa shape index (κ2) is 6.48. The number of nitrogens with zero attached hydrogens (tertiary/aromatic N) is 1. The van der Waals surface area contributed by atoms with Gasteiger partial charge in [-0.2, -0.15) is 11.8 Å². The molecule has 0 unspecified atom stereocenters. The lowest BCUT2D eigenvalue weighted by molar-refractivity contribution is 0.0937. The van der Waals surface area contributed by atoms with Crippen molar-refractivity contribution in [1.29, 1.82) is 0 Å². The molecule has 5 heteroatoms. The molecule has 2 fully saturated rings. The number of thioether (sulfide) groups is 1. The summed E-state index contributed by atoms with van der Waals surface area (Å²) in [5.41, 5.74) is 0.646. The molecular formula is C15H20N2O2S. The standard InChI is InChI=1S/C15H20N2O2S/c18-15(17-12-3-1-2-4-12)11-5-7-16-14(9-11)19-13-6-8-20-10-13/h5,7,9,12-13H,1-4,6,8,10H2,(H,17,18)/t13-/m1/s1. The Morgan fingerprint density at radius 2 is 2.20 bits per heavy atom. The van der Waals surface area contributed by atoms with E-state index in [1.807, 2.05) is 11.8 Å². The number of pyridine rings is 1. The third-order valence-electron chi connectivity index (χ3n) is 3.86. The van der Waals surface area contributed by atoms with Gasteiger partial charge in [-0.05, 0) is 31.1 Å². The maximum atomic E-state index is 12.2. The van der Waals surface area contributed by atoms with Crippen LogP contribution in [-0.4, -0.2) is 34.5 Å². The molecule has 1 N–H and O–H groups in total. The smallest absolute Gasteiger partial charge is 0.251 e. The number of hydrogen-bond acceptors (Lipinski definition) is 4. The first-order valence-electron chi connectivity index (χ1n) is 7.32. The minimum Gasteiger partial charge on any atom is -0.473 e. The van der Waals surface area contributed by atoms with E-state index < -0.39 is 0 Å². The Morgan fingerprint density at radius 3 is 2.95 bits per heavy atom. The summed E-state index contributed by atoms with van der Waals surface area (Å²) in [4.78, 5) is 16.4. The van der Waals surface area contributed by atoms with Gasteiger partial charge in [0.05, 0.1) is 0 Å². The minimum atomic E-state index is -0.00931. The van der Waals surface area contributed by atoms with Crippen LogP contribution in [0.3, 0.4) is 0 Å². The summed E-state index contributed by atoms with van der Waals surface area (Å²) in [6, 6.07) is 3.85. The fraction of sp³-hybridized carbons (Fsp3) is 0.600. The van der Waals surface area contributed by atoms with E-state index in [-0.39, 0.29) is 12.0 Å². The summed E-state index contributed by atoms with van der Waals surface area (Å²) in [7, 11) is 0. The molecule has 1 aliphatic heterocycles. The van der Waals surface area contributed by atoms with Gasteiger partial charge in [-0.3, -0.25) is 4.79 Å². The minimum absolute atomic E-state index is 0.00931.